The molecule has 11 nitrogen and oxygen atoms in total. The monoisotopic (exact) mass is 596 g/mol. The van der Waals surface area contributed by atoms with Gasteiger partial charge in [-0.1, -0.05) is 20.8 Å². The van der Waals surface area contributed by atoms with Crippen molar-refractivity contribution in [3.8, 4) is 23.2 Å². The molecular weight excluding hydrogens is 556 g/mol. The van der Waals surface area contributed by atoms with Crippen molar-refractivity contribution in [2.45, 2.75) is 45.8 Å². The normalized spacial score (nSPS) is 19.6. The number of carbonyl (C=O) groups excluding carboxylic acids is 1. The van der Waals surface area contributed by atoms with E-state index >= 15 is 0 Å². The molecule has 3 aliphatic rings. The molecule has 0 unspecified atom stereocenters. The first-order chi connectivity index (χ1) is 21.3. The lowest BCUT2D eigenvalue weighted by Gasteiger charge is -2.43. The van der Waals surface area contributed by atoms with Crippen LogP contribution < -0.4 is 15.0 Å². The Kier molecular flexibility index (Phi) is 8.64. The Morgan fingerprint density at radius 3 is 2.50 bits per heavy atom. The Hall–Kier alpha value is -4.27. The van der Waals surface area contributed by atoms with E-state index in [9.17, 15) is 10.1 Å². The van der Waals surface area contributed by atoms with Gasteiger partial charge >= 0.3 is 0 Å². The molecule has 0 radical (unpaired) electrons. The van der Waals surface area contributed by atoms with E-state index < -0.39 is 5.41 Å². The van der Waals surface area contributed by atoms with E-state index in [2.05, 4.69) is 48.3 Å². The van der Waals surface area contributed by atoms with Gasteiger partial charge < -0.3 is 24.6 Å². The van der Waals surface area contributed by atoms with E-state index in [1.54, 1.807) is 12.1 Å². The maximum Gasteiger partial charge on any atom is 0.230 e. The fourth-order valence-electron chi connectivity index (χ4n) is 5.89. The summed E-state index contributed by atoms with van der Waals surface area (Å²) in [6, 6.07) is 16.5. The Bertz CT molecular complexity index is 1500. The highest BCUT2D eigenvalue weighted by molar-refractivity contribution is 5.81. The zero-order valence-corrected chi connectivity index (χ0v) is 25.7. The number of aromatic nitrogens is 3. The summed E-state index contributed by atoms with van der Waals surface area (Å²) in [6.45, 7) is 12.9. The molecule has 4 heterocycles. The summed E-state index contributed by atoms with van der Waals surface area (Å²) in [5.41, 5.74) is 2.72. The highest BCUT2D eigenvalue weighted by Gasteiger charge is 2.32. The number of piperidine rings is 1. The van der Waals surface area contributed by atoms with Gasteiger partial charge in [-0.25, -0.2) is 9.97 Å². The van der Waals surface area contributed by atoms with E-state index in [-0.39, 0.29) is 12.0 Å². The summed E-state index contributed by atoms with van der Waals surface area (Å²) in [4.78, 5) is 32.9. The molecule has 2 aromatic carbocycles. The van der Waals surface area contributed by atoms with Gasteiger partial charge in [-0.3, -0.25) is 9.69 Å². The average Bonchev–Trinajstić information content (AvgIpc) is 3.01. The number of nitriles is 1. The summed E-state index contributed by atoms with van der Waals surface area (Å²) in [7, 11) is 0. The van der Waals surface area contributed by atoms with Gasteiger partial charge in [-0.15, -0.1) is 0 Å². The number of hydrogen-bond acceptors (Lipinski definition) is 10. The summed E-state index contributed by atoms with van der Waals surface area (Å²) >= 11 is 0. The lowest BCUT2D eigenvalue weighted by atomic mass is 9.93. The van der Waals surface area contributed by atoms with Crippen LogP contribution in [0.2, 0.25) is 0 Å². The minimum Gasteiger partial charge on any atom is -0.487 e. The highest BCUT2D eigenvalue weighted by atomic mass is 16.5. The zero-order chi connectivity index (χ0) is 30.7. The molecule has 3 fully saturated rings. The Morgan fingerprint density at radius 1 is 1.05 bits per heavy atom. The van der Waals surface area contributed by atoms with Crippen molar-refractivity contribution in [2.75, 3.05) is 62.7 Å². The van der Waals surface area contributed by atoms with Crippen LogP contribution in [0.3, 0.4) is 0 Å². The second-order valence-electron chi connectivity index (χ2n) is 12.7. The van der Waals surface area contributed by atoms with Gasteiger partial charge in [0, 0.05) is 55.1 Å². The maximum absolute atomic E-state index is 12.8. The Labute approximate surface area is 258 Å². The maximum atomic E-state index is 12.8. The van der Waals surface area contributed by atoms with Crippen LogP contribution >= 0.6 is 0 Å². The Morgan fingerprint density at radius 2 is 1.82 bits per heavy atom. The molecule has 1 aromatic heterocycles. The second kappa shape index (κ2) is 12.8. The molecule has 230 valence electrons. The molecular formula is C33H40N8O3. The number of carbonyl (C=O) groups is 1. The second-order valence-corrected chi connectivity index (χ2v) is 12.7. The number of benzene rings is 2. The fourth-order valence-corrected chi connectivity index (χ4v) is 5.89. The van der Waals surface area contributed by atoms with Crippen LogP contribution in [0, 0.1) is 16.7 Å². The smallest absolute Gasteiger partial charge is 0.230 e. The standard InChI is InChI=1S/C33H40N8O3/c1-33(2,3)31(42)41-12-4-5-28(19-41)44-29-11-6-23(17-24(29)18-34)30-35-22-36-32(38-30)37-25-7-9-26(10-8-25)39-13-15-40(16-14-39)27-20-43-21-27/h6-11,17,22,27-28H,4-5,12-16,19-21H2,1-3H3,(H,35,36,37,38)/t28-/m1/s1. The zero-order valence-electron chi connectivity index (χ0n) is 25.7. The first-order valence-corrected chi connectivity index (χ1v) is 15.4. The van der Waals surface area contributed by atoms with Gasteiger partial charge in [0.05, 0.1) is 31.4 Å². The van der Waals surface area contributed by atoms with Crippen LogP contribution in [-0.2, 0) is 9.53 Å². The fraction of sp³-hybridized carbons (Fsp3) is 0.485. The summed E-state index contributed by atoms with van der Waals surface area (Å²) in [5.74, 6) is 1.49. The van der Waals surface area contributed by atoms with Gasteiger partial charge in [-0.2, -0.15) is 10.2 Å². The molecule has 3 saturated heterocycles. The molecule has 3 aromatic rings. The first-order valence-electron chi connectivity index (χ1n) is 15.4. The van der Waals surface area contributed by atoms with Crippen LogP contribution in [0.1, 0.15) is 39.2 Å². The van der Waals surface area contributed by atoms with E-state index in [0.29, 0.717) is 41.2 Å². The van der Waals surface area contributed by atoms with Crippen molar-refractivity contribution in [3.63, 3.8) is 0 Å². The molecule has 0 bridgehead atoms. The van der Waals surface area contributed by atoms with Crippen molar-refractivity contribution < 1.29 is 14.3 Å². The average molecular weight is 597 g/mol. The predicted octanol–water partition coefficient (Wildman–Crippen LogP) is 4.09. The lowest BCUT2D eigenvalue weighted by molar-refractivity contribution is -0.142. The Balaban J connectivity index is 1.08. The van der Waals surface area contributed by atoms with E-state index in [1.165, 1.54) is 12.0 Å². The quantitative estimate of drug-likeness (QED) is 0.427. The van der Waals surface area contributed by atoms with E-state index in [1.807, 2.05) is 43.9 Å². The molecule has 44 heavy (non-hydrogen) atoms. The predicted molar refractivity (Wildman–Crippen MR) is 168 cm³/mol. The number of rotatable bonds is 7. The summed E-state index contributed by atoms with van der Waals surface area (Å²) in [6.07, 6.45) is 2.99. The van der Waals surface area contributed by atoms with Crippen molar-refractivity contribution >= 4 is 23.2 Å². The van der Waals surface area contributed by atoms with Crippen LogP contribution in [0.25, 0.3) is 11.4 Å². The van der Waals surface area contributed by atoms with Crippen molar-refractivity contribution in [2.24, 2.45) is 5.41 Å². The van der Waals surface area contributed by atoms with Crippen LogP contribution in [0.5, 0.6) is 5.75 Å². The molecule has 0 aliphatic carbocycles. The first kappa shape index (κ1) is 29.8. The topological polar surface area (TPSA) is 120 Å². The molecule has 0 spiro atoms. The molecule has 1 amide bonds. The minimum atomic E-state index is -0.440. The number of nitrogens with one attached hydrogen (secondary N) is 1. The van der Waals surface area contributed by atoms with Crippen molar-refractivity contribution in [1.82, 2.24) is 24.8 Å². The molecule has 11 heteroatoms. The molecule has 3 aliphatic heterocycles. The van der Waals surface area contributed by atoms with Gasteiger partial charge in [0.15, 0.2) is 5.82 Å². The van der Waals surface area contributed by atoms with Gasteiger partial charge in [-0.05, 0) is 55.3 Å². The van der Waals surface area contributed by atoms with Crippen LogP contribution in [0.15, 0.2) is 48.8 Å². The molecule has 6 rings (SSSR count). The third-order valence-electron chi connectivity index (χ3n) is 8.47. The van der Waals surface area contributed by atoms with E-state index in [4.69, 9.17) is 9.47 Å². The number of nitrogens with zero attached hydrogens (tertiary/aromatic N) is 7. The van der Waals surface area contributed by atoms with E-state index in [0.717, 1.165) is 64.5 Å². The number of hydrogen-bond donors (Lipinski definition) is 1. The van der Waals surface area contributed by atoms with Crippen molar-refractivity contribution in [3.05, 3.63) is 54.4 Å². The highest BCUT2D eigenvalue weighted by Crippen LogP contribution is 2.29. The molecule has 1 N–H and O–H groups in total. The van der Waals surface area contributed by atoms with Crippen molar-refractivity contribution in [1.29, 1.82) is 5.26 Å². The minimum absolute atomic E-state index is 0.116. The molecule has 0 saturated carbocycles. The number of ether oxygens (including phenoxy) is 2. The SMILES string of the molecule is CC(C)(C)C(=O)N1CCC[C@@H](Oc2ccc(-c3ncnc(Nc4ccc(N5CCN(C6COC6)CC5)cc4)n3)cc2C#N)C1. The number of amides is 1. The summed E-state index contributed by atoms with van der Waals surface area (Å²) < 4.78 is 11.6. The van der Waals surface area contributed by atoms with Gasteiger partial charge in [0.1, 0.15) is 24.3 Å². The van der Waals surface area contributed by atoms with Crippen LogP contribution in [0.4, 0.5) is 17.3 Å². The van der Waals surface area contributed by atoms with Crippen LogP contribution in [-0.4, -0.2) is 95.3 Å². The lowest BCUT2D eigenvalue weighted by Crippen LogP contribution is -2.56. The summed E-state index contributed by atoms with van der Waals surface area (Å²) in [5, 5.41) is 13.2. The van der Waals surface area contributed by atoms with Gasteiger partial charge in [0.25, 0.3) is 0 Å². The number of anilines is 3. The largest absolute Gasteiger partial charge is 0.487 e. The third kappa shape index (κ3) is 6.77. The molecule has 1 atom stereocenters. The van der Waals surface area contributed by atoms with Gasteiger partial charge in [0.2, 0.25) is 11.9 Å². The number of piperazine rings is 1. The number of likely N-dealkylation sites (tertiary alicyclic amines) is 1. The third-order valence-corrected chi connectivity index (χ3v) is 8.47.